The van der Waals surface area contributed by atoms with Crippen LogP contribution in [0.1, 0.15) is 0 Å². The Balaban J connectivity index is 1.22. The lowest BCUT2D eigenvalue weighted by Gasteiger charge is -2.12. The van der Waals surface area contributed by atoms with Gasteiger partial charge in [-0.05, 0) is 60.7 Å². The zero-order valence-electron chi connectivity index (χ0n) is 27.4. The monoisotopic (exact) mass is 668 g/mol. The van der Waals surface area contributed by atoms with Gasteiger partial charge in [0.15, 0.2) is 0 Å². The highest BCUT2D eigenvalue weighted by atomic mass is 32.1. The van der Waals surface area contributed by atoms with Crippen LogP contribution in [-0.2, 0) is 0 Å². The molecule has 0 saturated carbocycles. The third-order valence-electron chi connectivity index (χ3n) is 10.1. The number of nitrogens with zero attached hydrogens (tertiary/aromatic N) is 4. The van der Waals surface area contributed by atoms with E-state index < -0.39 is 0 Å². The van der Waals surface area contributed by atoms with Gasteiger partial charge in [0.2, 0.25) is 5.95 Å². The molecule has 0 amide bonds. The molecule has 0 aliphatic heterocycles. The van der Waals surface area contributed by atoms with Crippen LogP contribution in [-0.4, -0.2) is 19.1 Å². The van der Waals surface area contributed by atoms with Crippen LogP contribution < -0.4 is 0 Å². The molecule has 0 radical (unpaired) electrons. The van der Waals surface area contributed by atoms with Crippen LogP contribution >= 0.6 is 11.3 Å². The summed E-state index contributed by atoms with van der Waals surface area (Å²) in [5.74, 6) is 0.652. The van der Waals surface area contributed by atoms with Crippen molar-refractivity contribution in [3.63, 3.8) is 0 Å². The van der Waals surface area contributed by atoms with E-state index >= 15 is 0 Å². The van der Waals surface area contributed by atoms with Crippen molar-refractivity contribution in [3.8, 4) is 34.2 Å². The van der Waals surface area contributed by atoms with Crippen molar-refractivity contribution in [1.82, 2.24) is 19.1 Å². The Morgan fingerprint density at radius 1 is 0.353 bits per heavy atom. The Hall–Kier alpha value is -6.56. The second kappa shape index (κ2) is 11.0. The zero-order chi connectivity index (χ0) is 33.5. The molecule has 0 unspecified atom stereocenters. The molecule has 238 valence electrons. The number of aromatic nitrogens is 4. The fourth-order valence-electron chi connectivity index (χ4n) is 7.83. The molecule has 0 fully saturated rings. The van der Waals surface area contributed by atoms with E-state index in [9.17, 15) is 0 Å². The minimum absolute atomic E-state index is 0.652. The summed E-state index contributed by atoms with van der Waals surface area (Å²) < 4.78 is 7.21. The Bertz CT molecular complexity index is 3130. The fraction of sp³-hybridized carbons (Fsp3) is 0. The molecule has 0 N–H and O–H groups in total. The van der Waals surface area contributed by atoms with Crippen LogP contribution in [0.2, 0.25) is 0 Å². The number of fused-ring (bicyclic) bond motifs is 9. The predicted octanol–water partition coefficient (Wildman–Crippen LogP) is 12.4. The van der Waals surface area contributed by atoms with Gasteiger partial charge >= 0.3 is 0 Å². The van der Waals surface area contributed by atoms with E-state index in [-0.39, 0.29) is 0 Å². The first-order valence-electron chi connectivity index (χ1n) is 17.2. The lowest BCUT2D eigenvalue weighted by molar-refractivity contribution is 0.996. The van der Waals surface area contributed by atoms with Crippen LogP contribution in [0.3, 0.4) is 0 Å². The third-order valence-corrected chi connectivity index (χ3v) is 11.3. The van der Waals surface area contributed by atoms with E-state index in [4.69, 9.17) is 9.97 Å². The van der Waals surface area contributed by atoms with E-state index in [1.54, 1.807) is 0 Å². The molecule has 4 nitrogen and oxygen atoms in total. The van der Waals surface area contributed by atoms with E-state index in [2.05, 4.69) is 173 Å². The van der Waals surface area contributed by atoms with Gasteiger partial charge in [-0.1, -0.05) is 109 Å². The maximum atomic E-state index is 5.39. The summed E-state index contributed by atoms with van der Waals surface area (Å²) in [5, 5.41) is 7.27. The van der Waals surface area contributed by atoms with Crippen LogP contribution in [0.15, 0.2) is 170 Å². The first-order valence-corrected chi connectivity index (χ1v) is 18.0. The molecule has 0 saturated heterocycles. The summed E-state index contributed by atoms with van der Waals surface area (Å²) in [5.41, 5.74) is 9.56. The third kappa shape index (κ3) is 4.32. The smallest absolute Gasteiger partial charge is 0.235 e. The summed E-state index contributed by atoms with van der Waals surface area (Å²) in [6, 6.07) is 60.6. The van der Waals surface area contributed by atoms with Gasteiger partial charge < -0.3 is 4.57 Å². The van der Waals surface area contributed by atoms with Gasteiger partial charge in [0.25, 0.3) is 0 Å². The SMILES string of the molecule is c1ccc(-c2cc(-c3ccc4sc5ccccc5c4c3)nc(-n3c4ccccc4c4cc5c(cc43)c3ccccc3n5-c3ccccc3)n2)cc1. The number of rotatable bonds is 4. The van der Waals surface area contributed by atoms with E-state index in [1.807, 2.05) is 17.4 Å². The normalized spacial score (nSPS) is 11.9. The highest BCUT2D eigenvalue weighted by molar-refractivity contribution is 7.25. The van der Waals surface area contributed by atoms with E-state index in [1.165, 1.54) is 52.8 Å². The molecule has 0 spiro atoms. The average Bonchev–Trinajstić information content (AvgIpc) is 3.84. The van der Waals surface area contributed by atoms with Crippen LogP contribution in [0, 0.1) is 0 Å². The zero-order valence-corrected chi connectivity index (χ0v) is 28.2. The van der Waals surface area contributed by atoms with Gasteiger partial charge in [-0.15, -0.1) is 11.3 Å². The number of benzene rings is 7. The van der Waals surface area contributed by atoms with Crippen molar-refractivity contribution < 1.29 is 0 Å². The van der Waals surface area contributed by atoms with Crippen LogP contribution in [0.5, 0.6) is 0 Å². The minimum atomic E-state index is 0.652. The molecular formula is C46H28N4S. The minimum Gasteiger partial charge on any atom is -0.309 e. The second-order valence-corrected chi connectivity index (χ2v) is 14.1. The summed E-state index contributed by atoms with van der Waals surface area (Å²) in [6.45, 7) is 0. The van der Waals surface area contributed by atoms with E-state index in [0.29, 0.717) is 5.95 Å². The Kier molecular flexibility index (Phi) is 6.09. The van der Waals surface area contributed by atoms with Crippen molar-refractivity contribution >= 4 is 75.1 Å². The molecule has 0 aliphatic rings. The van der Waals surface area contributed by atoms with Gasteiger partial charge in [-0.3, -0.25) is 4.57 Å². The molecule has 11 rings (SSSR count). The molecule has 4 aromatic heterocycles. The lowest BCUT2D eigenvalue weighted by Crippen LogP contribution is -2.04. The largest absolute Gasteiger partial charge is 0.309 e. The maximum Gasteiger partial charge on any atom is 0.235 e. The van der Waals surface area contributed by atoms with Gasteiger partial charge in [0.05, 0.1) is 33.5 Å². The first kappa shape index (κ1) is 28.3. The summed E-state index contributed by atoms with van der Waals surface area (Å²) in [4.78, 5) is 10.7. The maximum absolute atomic E-state index is 5.39. The molecule has 7 aromatic carbocycles. The van der Waals surface area contributed by atoms with Gasteiger partial charge in [0.1, 0.15) is 0 Å². The number of para-hydroxylation sites is 3. The predicted molar refractivity (Wildman–Crippen MR) is 214 cm³/mol. The van der Waals surface area contributed by atoms with Crippen molar-refractivity contribution in [2.45, 2.75) is 0 Å². The van der Waals surface area contributed by atoms with Crippen molar-refractivity contribution in [1.29, 1.82) is 0 Å². The Labute approximate surface area is 297 Å². The van der Waals surface area contributed by atoms with Gasteiger partial charge in [0, 0.05) is 58.5 Å². The fourth-order valence-corrected chi connectivity index (χ4v) is 8.91. The quantitative estimate of drug-likeness (QED) is 0.187. The number of thiophene rings is 1. The van der Waals surface area contributed by atoms with Crippen molar-refractivity contribution in [2.75, 3.05) is 0 Å². The highest BCUT2D eigenvalue weighted by Crippen LogP contribution is 2.40. The topological polar surface area (TPSA) is 35.6 Å². The van der Waals surface area contributed by atoms with Crippen molar-refractivity contribution in [2.24, 2.45) is 0 Å². The standard InChI is InChI=1S/C46H28N4S/c1-3-13-29(14-4-1)38-28-39(30-23-24-45-37(25-30)34-19-9-12-22-44(34)51-45)48-46(47-38)50-41-21-11-8-18-33(41)36-26-42-35(27-43(36)50)32-17-7-10-20-40(32)49(42)31-15-5-2-6-16-31/h1-28H. The lowest BCUT2D eigenvalue weighted by atomic mass is 10.0. The summed E-state index contributed by atoms with van der Waals surface area (Å²) >= 11 is 1.83. The van der Waals surface area contributed by atoms with Gasteiger partial charge in [-0.2, -0.15) is 0 Å². The Morgan fingerprint density at radius 3 is 1.63 bits per heavy atom. The van der Waals surface area contributed by atoms with Crippen LogP contribution in [0.25, 0.3) is 97.9 Å². The summed E-state index contributed by atoms with van der Waals surface area (Å²) in [7, 11) is 0. The van der Waals surface area contributed by atoms with Crippen molar-refractivity contribution in [3.05, 3.63) is 170 Å². The van der Waals surface area contributed by atoms with Gasteiger partial charge in [-0.25, -0.2) is 9.97 Å². The first-order chi connectivity index (χ1) is 25.3. The molecule has 5 heteroatoms. The number of hydrogen-bond acceptors (Lipinski definition) is 3. The molecule has 11 aromatic rings. The van der Waals surface area contributed by atoms with E-state index in [0.717, 1.165) is 39.2 Å². The molecule has 51 heavy (non-hydrogen) atoms. The highest BCUT2D eigenvalue weighted by Gasteiger charge is 2.21. The molecule has 4 heterocycles. The molecule has 0 aliphatic carbocycles. The van der Waals surface area contributed by atoms with Crippen LogP contribution in [0.4, 0.5) is 0 Å². The Morgan fingerprint density at radius 2 is 0.902 bits per heavy atom. The summed E-state index contributed by atoms with van der Waals surface area (Å²) in [6.07, 6.45) is 0. The number of hydrogen-bond donors (Lipinski definition) is 0. The average molecular weight is 669 g/mol. The molecular weight excluding hydrogens is 641 g/mol. The second-order valence-electron chi connectivity index (χ2n) is 13.0. The molecule has 0 bridgehead atoms. The molecule has 0 atom stereocenters.